The Bertz CT molecular complexity index is 290. The first kappa shape index (κ1) is 6.33. The van der Waals surface area contributed by atoms with E-state index >= 15 is 0 Å². The lowest BCUT2D eigenvalue weighted by molar-refractivity contribution is 0.0958. The van der Waals surface area contributed by atoms with Crippen LogP contribution in [0.25, 0.3) is 0 Å². The van der Waals surface area contributed by atoms with E-state index in [0.717, 1.165) is 12.8 Å². The van der Waals surface area contributed by atoms with Crippen LogP contribution in [0.15, 0.2) is 4.52 Å². The molecule has 5 nitrogen and oxygen atoms in total. The van der Waals surface area contributed by atoms with Gasteiger partial charge >= 0.3 is 11.8 Å². The molecular weight excluding hydrogens is 146 g/mol. The SMILES string of the molecule is NC(=O)c1nc(C2CC2)no1. The molecule has 0 unspecified atom stereocenters. The molecule has 5 heteroatoms. The Hall–Kier alpha value is -1.39. The fraction of sp³-hybridized carbons (Fsp3) is 0.500. The number of hydrogen-bond acceptors (Lipinski definition) is 4. The van der Waals surface area contributed by atoms with Crippen LogP contribution in [-0.2, 0) is 0 Å². The van der Waals surface area contributed by atoms with Gasteiger partial charge in [0.1, 0.15) is 0 Å². The van der Waals surface area contributed by atoms with Crippen molar-refractivity contribution in [3.05, 3.63) is 11.7 Å². The average Bonchev–Trinajstić information content (AvgIpc) is 2.68. The summed E-state index contributed by atoms with van der Waals surface area (Å²) in [6.07, 6.45) is 2.16. The number of primary amides is 1. The van der Waals surface area contributed by atoms with Crippen LogP contribution in [0.3, 0.4) is 0 Å². The van der Waals surface area contributed by atoms with Crippen LogP contribution >= 0.6 is 0 Å². The topological polar surface area (TPSA) is 82.0 Å². The predicted octanol–water partition coefficient (Wildman–Crippen LogP) is 0.0459. The van der Waals surface area contributed by atoms with Gasteiger partial charge in [-0.25, -0.2) is 0 Å². The van der Waals surface area contributed by atoms with Crippen molar-refractivity contribution in [1.82, 2.24) is 10.1 Å². The maximum Gasteiger partial charge on any atom is 0.315 e. The molecule has 1 aliphatic rings. The van der Waals surface area contributed by atoms with Crippen molar-refractivity contribution < 1.29 is 9.32 Å². The summed E-state index contributed by atoms with van der Waals surface area (Å²) in [5, 5.41) is 3.61. The lowest BCUT2D eigenvalue weighted by Crippen LogP contribution is -2.11. The number of aromatic nitrogens is 2. The Morgan fingerprint density at radius 1 is 1.64 bits per heavy atom. The van der Waals surface area contributed by atoms with Crippen molar-refractivity contribution in [3.8, 4) is 0 Å². The van der Waals surface area contributed by atoms with Crippen LogP contribution < -0.4 is 5.73 Å². The lowest BCUT2D eigenvalue weighted by atomic mass is 10.4. The maximum absolute atomic E-state index is 10.5. The minimum absolute atomic E-state index is 0.0908. The van der Waals surface area contributed by atoms with Crippen molar-refractivity contribution in [3.63, 3.8) is 0 Å². The summed E-state index contributed by atoms with van der Waals surface area (Å²) in [5.74, 6) is 0.252. The summed E-state index contributed by atoms with van der Waals surface area (Å²) >= 11 is 0. The zero-order valence-corrected chi connectivity index (χ0v) is 5.78. The number of carbonyl (C=O) groups excluding carboxylic acids is 1. The van der Waals surface area contributed by atoms with E-state index in [0.29, 0.717) is 11.7 Å². The van der Waals surface area contributed by atoms with Gasteiger partial charge in [-0.3, -0.25) is 4.79 Å². The molecule has 1 saturated carbocycles. The number of rotatable bonds is 2. The highest BCUT2D eigenvalue weighted by Gasteiger charge is 2.29. The number of nitrogens with zero attached hydrogens (tertiary/aromatic N) is 2. The van der Waals surface area contributed by atoms with Crippen molar-refractivity contribution in [2.45, 2.75) is 18.8 Å². The van der Waals surface area contributed by atoms with Gasteiger partial charge in [-0.1, -0.05) is 5.16 Å². The first-order chi connectivity index (χ1) is 5.27. The largest absolute Gasteiger partial charge is 0.361 e. The van der Waals surface area contributed by atoms with E-state index in [2.05, 4.69) is 14.7 Å². The fourth-order valence-electron chi connectivity index (χ4n) is 0.842. The molecule has 11 heavy (non-hydrogen) atoms. The van der Waals surface area contributed by atoms with Gasteiger partial charge in [0.25, 0.3) is 0 Å². The molecule has 0 bridgehead atoms. The lowest BCUT2D eigenvalue weighted by Gasteiger charge is -1.79. The molecule has 0 radical (unpaired) electrons. The van der Waals surface area contributed by atoms with Gasteiger partial charge < -0.3 is 10.3 Å². The highest BCUT2D eigenvalue weighted by atomic mass is 16.5. The van der Waals surface area contributed by atoms with E-state index in [9.17, 15) is 4.79 Å². The van der Waals surface area contributed by atoms with Crippen LogP contribution in [-0.4, -0.2) is 16.0 Å². The summed E-state index contributed by atoms with van der Waals surface area (Å²) in [4.78, 5) is 14.3. The van der Waals surface area contributed by atoms with Crippen LogP contribution in [0.4, 0.5) is 0 Å². The second kappa shape index (κ2) is 2.05. The van der Waals surface area contributed by atoms with Gasteiger partial charge in [-0.05, 0) is 12.8 Å². The highest BCUT2D eigenvalue weighted by molar-refractivity contribution is 5.87. The van der Waals surface area contributed by atoms with Crippen LogP contribution in [0.5, 0.6) is 0 Å². The zero-order valence-electron chi connectivity index (χ0n) is 5.78. The molecule has 1 aromatic rings. The first-order valence-electron chi connectivity index (χ1n) is 3.41. The summed E-state index contributed by atoms with van der Waals surface area (Å²) in [5.41, 5.74) is 4.91. The monoisotopic (exact) mass is 153 g/mol. The number of hydrogen-bond donors (Lipinski definition) is 1. The Kier molecular flexibility index (Phi) is 1.18. The Morgan fingerprint density at radius 3 is 2.82 bits per heavy atom. The van der Waals surface area contributed by atoms with E-state index in [4.69, 9.17) is 5.73 Å². The molecule has 1 heterocycles. The number of carbonyl (C=O) groups is 1. The standard InChI is InChI=1S/C6H7N3O2/c7-4(10)6-8-5(9-11-6)3-1-2-3/h3H,1-2H2,(H2,7,10). The minimum Gasteiger partial charge on any atom is -0.361 e. The average molecular weight is 153 g/mol. The third kappa shape index (κ3) is 1.09. The van der Waals surface area contributed by atoms with E-state index in [1.807, 2.05) is 0 Å². The molecule has 2 N–H and O–H groups in total. The molecule has 0 atom stereocenters. The maximum atomic E-state index is 10.5. The third-order valence-electron chi connectivity index (χ3n) is 1.60. The number of nitrogens with two attached hydrogens (primary N) is 1. The summed E-state index contributed by atoms with van der Waals surface area (Å²) in [6.45, 7) is 0. The van der Waals surface area contributed by atoms with Gasteiger partial charge in [0.2, 0.25) is 0 Å². The molecule has 0 spiro atoms. The van der Waals surface area contributed by atoms with E-state index in [1.54, 1.807) is 0 Å². The molecule has 1 amide bonds. The first-order valence-corrected chi connectivity index (χ1v) is 3.41. The van der Waals surface area contributed by atoms with Gasteiger partial charge in [-0.2, -0.15) is 4.98 Å². The van der Waals surface area contributed by atoms with Gasteiger partial charge in [-0.15, -0.1) is 0 Å². The van der Waals surface area contributed by atoms with Crippen molar-refractivity contribution >= 4 is 5.91 Å². The molecule has 1 aliphatic carbocycles. The highest BCUT2D eigenvalue weighted by Crippen LogP contribution is 2.37. The molecule has 2 rings (SSSR count). The molecule has 0 aromatic carbocycles. The van der Waals surface area contributed by atoms with Gasteiger partial charge in [0, 0.05) is 5.92 Å². The Labute approximate surface area is 62.6 Å². The quantitative estimate of drug-likeness (QED) is 0.650. The molecule has 58 valence electrons. The van der Waals surface area contributed by atoms with E-state index in [1.165, 1.54) is 0 Å². The van der Waals surface area contributed by atoms with E-state index < -0.39 is 5.91 Å². The van der Waals surface area contributed by atoms with Gasteiger partial charge in [0.05, 0.1) is 0 Å². The van der Waals surface area contributed by atoms with Crippen molar-refractivity contribution in [2.24, 2.45) is 5.73 Å². The van der Waals surface area contributed by atoms with Crippen LogP contribution in [0.1, 0.15) is 35.3 Å². The van der Waals surface area contributed by atoms with Crippen LogP contribution in [0.2, 0.25) is 0 Å². The summed E-state index contributed by atoms with van der Waals surface area (Å²) in [6, 6.07) is 0. The molecule has 1 fully saturated rings. The molecule has 1 aromatic heterocycles. The zero-order chi connectivity index (χ0) is 7.84. The summed E-state index contributed by atoms with van der Waals surface area (Å²) < 4.78 is 4.59. The molecule has 0 aliphatic heterocycles. The third-order valence-corrected chi connectivity index (χ3v) is 1.60. The Morgan fingerprint density at radius 2 is 2.36 bits per heavy atom. The molecule has 0 saturated heterocycles. The molecular formula is C6H7N3O2. The second-order valence-electron chi connectivity index (χ2n) is 2.60. The normalized spacial score (nSPS) is 16.7. The van der Waals surface area contributed by atoms with Crippen molar-refractivity contribution in [2.75, 3.05) is 0 Å². The smallest absolute Gasteiger partial charge is 0.315 e. The Balaban J connectivity index is 2.25. The fourth-order valence-corrected chi connectivity index (χ4v) is 0.842. The van der Waals surface area contributed by atoms with Crippen LogP contribution in [0, 0.1) is 0 Å². The van der Waals surface area contributed by atoms with Crippen molar-refractivity contribution in [1.29, 1.82) is 0 Å². The second-order valence-corrected chi connectivity index (χ2v) is 2.60. The summed E-state index contributed by atoms with van der Waals surface area (Å²) in [7, 11) is 0. The minimum atomic E-state index is -0.663. The number of amides is 1. The van der Waals surface area contributed by atoms with Gasteiger partial charge in [0.15, 0.2) is 5.82 Å². The van der Waals surface area contributed by atoms with E-state index in [-0.39, 0.29) is 5.89 Å². The predicted molar refractivity (Wildman–Crippen MR) is 34.8 cm³/mol.